The van der Waals surface area contributed by atoms with Crippen molar-refractivity contribution in [2.75, 3.05) is 36.4 Å². The van der Waals surface area contributed by atoms with E-state index in [0.29, 0.717) is 24.3 Å². The fraction of sp³-hybridized carbons (Fsp3) is 0.259. The molecule has 0 radical (unpaired) electrons. The first-order chi connectivity index (χ1) is 16.9. The topological polar surface area (TPSA) is 95.8 Å². The number of aryl methyl sites for hydroxylation is 1. The predicted molar refractivity (Wildman–Crippen MR) is 136 cm³/mol. The Kier molecular flexibility index (Phi) is 7.40. The van der Waals surface area contributed by atoms with Crippen LogP contribution in [0.15, 0.2) is 72.8 Å². The minimum atomic E-state index is -0.464. The number of nitrogens with one attached hydrogen (secondary N) is 1. The molecule has 1 fully saturated rings. The average Bonchev–Trinajstić information content (AvgIpc) is 2.89. The van der Waals surface area contributed by atoms with Gasteiger partial charge in [0.2, 0.25) is 5.91 Å². The number of anilines is 2. The lowest BCUT2D eigenvalue weighted by Crippen LogP contribution is -2.48. The lowest BCUT2D eigenvalue weighted by molar-refractivity contribution is -0.384. The first-order valence-corrected chi connectivity index (χ1v) is 11.7. The molecule has 4 rings (SSSR count). The summed E-state index contributed by atoms with van der Waals surface area (Å²) in [4.78, 5) is 39.6. The molecular formula is C27H28N4O4. The minimum Gasteiger partial charge on any atom is -0.368 e. The predicted octanol–water partition coefficient (Wildman–Crippen LogP) is 4.30. The first-order valence-electron chi connectivity index (χ1n) is 11.7. The summed E-state index contributed by atoms with van der Waals surface area (Å²) in [7, 11) is 0. The molecule has 1 N–H and O–H groups in total. The van der Waals surface area contributed by atoms with Crippen molar-refractivity contribution in [2.45, 2.75) is 19.8 Å². The summed E-state index contributed by atoms with van der Waals surface area (Å²) in [5.74, 6) is -0.121. The zero-order chi connectivity index (χ0) is 24.8. The molecule has 0 aliphatic carbocycles. The Morgan fingerprint density at radius 2 is 1.46 bits per heavy atom. The van der Waals surface area contributed by atoms with Crippen molar-refractivity contribution in [1.82, 2.24) is 4.90 Å². The minimum absolute atomic E-state index is 0.000534. The second-order valence-electron chi connectivity index (χ2n) is 8.53. The molecule has 3 aromatic carbocycles. The van der Waals surface area contributed by atoms with E-state index in [1.165, 1.54) is 17.7 Å². The second kappa shape index (κ2) is 10.8. The molecule has 3 aromatic rings. The van der Waals surface area contributed by atoms with Crippen molar-refractivity contribution in [3.8, 4) is 0 Å². The van der Waals surface area contributed by atoms with Crippen molar-refractivity contribution in [2.24, 2.45) is 0 Å². The molecule has 35 heavy (non-hydrogen) atoms. The molecule has 0 unspecified atom stereocenters. The summed E-state index contributed by atoms with van der Waals surface area (Å²) >= 11 is 0. The number of nitro benzene ring substituents is 1. The van der Waals surface area contributed by atoms with E-state index >= 15 is 0 Å². The summed E-state index contributed by atoms with van der Waals surface area (Å²) in [5.41, 5.74) is 4.38. The van der Waals surface area contributed by atoms with Gasteiger partial charge < -0.3 is 15.1 Å². The Balaban J connectivity index is 1.27. The lowest BCUT2D eigenvalue weighted by Gasteiger charge is -2.36. The number of nitro groups is 1. The van der Waals surface area contributed by atoms with Gasteiger partial charge in [-0.05, 0) is 53.9 Å². The van der Waals surface area contributed by atoms with Crippen LogP contribution in [0, 0.1) is 10.1 Å². The van der Waals surface area contributed by atoms with Crippen LogP contribution in [0.3, 0.4) is 0 Å². The highest BCUT2D eigenvalue weighted by atomic mass is 16.6. The average molecular weight is 473 g/mol. The zero-order valence-electron chi connectivity index (χ0n) is 19.6. The number of hydrogen-bond donors (Lipinski definition) is 1. The normalized spacial score (nSPS) is 13.4. The molecule has 0 aromatic heterocycles. The van der Waals surface area contributed by atoms with Crippen LogP contribution in [0.5, 0.6) is 0 Å². The van der Waals surface area contributed by atoms with Crippen molar-refractivity contribution >= 4 is 28.9 Å². The first kappa shape index (κ1) is 23.9. The fourth-order valence-corrected chi connectivity index (χ4v) is 4.12. The molecule has 0 atom stereocenters. The maximum absolute atomic E-state index is 12.8. The maximum Gasteiger partial charge on any atom is 0.269 e. The van der Waals surface area contributed by atoms with Crippen LogP contribution in [-0.4, -0.2) is 47.8 Å². The molecule has 180 valence electrons. The number of benzene rings is 3. The van der Waals surface area contributed by atoms with Crippen LogP contribution in [0.2, 0.25) is 0 Å². The number of rotatable bonds is 7. The van der Waals surface area contributed by atoms with E-state index in [-0.39, 0.29) is 23.9 Å². The molecule has 8 nitrogen and oxygen atoms in total. The standard InChI is InChI=1S/C27H28N4O4/c1-2-20-3-7-22(8-4-20)27(33)30-17-15-29(16-18-30)24-13-9-23(10-14-24)28-26(32)19-21-5-11-25(12-6-21)31(34)35/h3-14H,2,15-19H2,1H3,(H,28,32). The van der Waals surface area contributed by atoms with E-state index < -0.39 is 4.92 Å². The number of nitrogens with zero attached hydrogens (tertiary/aromatic N) is 3. The highest BCUT2D eigenvalue weighted by Gasteiger charge is 2.22. The molecule has 1 saturated heterocycles. The van der Waals surface area contributed by atoms with Crippen LogP contribution in [0.1, 0.15) is 28.4 Å². The van der Waals surface area contributed by atoms with E-state index in [4.69, 9.17) is 0 Å². The maximum atomic E-state index is 12.8. The van der Waals surface area contributed by atoms with Gasteiger partial charge in [-0.15, -0.1) is 0 Å². The third-order valence-corrected chi connectivity index (χ3v) is 6.20. The molecule has 2 amide bonds. The van der Waals surface area contributed by atoms with E-state index in [2.05, 4.69) is 17.1 Å². The zero-order valence-corrected chi connectivity index (χ0v) is 19.6. The number of carbonyl (C=O) groups excluding carboxylic acids is 2. The second-order valence-corrected chi connectivity index (χ2v) is 8.53. The third kappa shape index (κ3) is 6.03. The van der Waals surface area contributed by atoms with Gasteiger partial charge in [0, 0.05) is 55.2 Å². The van der Waals surface area contributed by atoms with Gasteiger partial charge >= 0.3 is 0 Å². The van der Waals surface area contributed by atoms with Gasteiger partial charge in [0.15, 0.2) is 0 Å². The van der Waals surface area contributed by atoms with Gasteiger partial charge in [-0.1, -0.05) is 31.2 Å². The molecule has 0 saturated carbocycles. The van der Waals surface area contributed by atoms with E-state index in [1.54, 1.807) is 12.1 Å². The number of piperazine rings is 1. The monoisotopic (exact) mass is 472 g/mol. The smallest absolute Gasteiger partial charge is 0.269 e. The highest BCUT2D eigenvalue weighted by Crippen LogP contribution is 2.21. The van der Waals surface area contributed by atoms with Gasteiger partial charge in [0.05, 0.1) is 11.3 Å². The van der Waals surface area contributed by atoms with E-state index in [9.17, 15) is 19.7 Å². The summed E-state index contributed by atoms with van der Waals surface area (Å²) in [6.07, 6.45) is 1.09. The van der Waals surface area contributed by atoms with Crippen LogP contribution in [-0.2, 0) is 17.6 Å². The van der Waals surface area contributed by atoms with Crippen molar-refractivity contribution in [3.05, 3.63) is 99.6 Å². The van der Waals surface area contributed by atoms with Gasteiger partial charge in [0.1, 0.15) is 0 Å². The highest BCUT2D eigenvalue weighted by molar-refractivity contribution is 5.94. The molecule has 8 heteroatoms. The molecule has 1 heterocycles. The largest absolute Gasteiger partial charge is 0.368 e. The summed E-state index contributed by atoms with van der Waals surface area (Å²) in [6.45, 7) is 4.89. The van der Waals surface area contributed by atoms with Crippen LogP contribution in [0.25, 0.3) is 0 Å². The van der Waals surface area contributed by atoms with Crippen molar-refractivity contribution < 1.29 is 14.5 Å². The van der Waals surface area contributed by atoms with Gasteiger partial charge in [-0.2, -0.15) is 0 Å². The summed E-state index contributed by atoms with van der Waals surface area (Å²) in [6, 6.07) is 21.4. The number of carbonyl (C=O) groups is 2. The lowest BCUT2D eigenvalue weighted by atomic mass is 10.1. The summed E-state index contributed by atoms with van der Waals surface area (Å²) in [5, 5.41) is 13.6. The number of hydrogen-bond acceptors (Lipinski definition) is 5. The number of non-ortho nitro benzene ring substituents is 1. The quantitative estimate of drug-likeness (QED) is 0.409. The Morgan fingerprint density at radius 1 is 0.857 bits per heavy atom. The van der Waals surface area contributed by atoms with E-state index in [0.717, 1.165) is 30.8 Å². The molecule has 0 spiro atoms. The Morgan fingerprint density at radius 3 is 2.03 bits per heavy atom. The molecule has 1 aliphatic rings. The number of amides is 2. The van der Waals surface area contributed by atoms with Gasteiger partial charge in [-0.25, -0.2) is 0 Å². The van der Waals surface area contributed by atoms with Crippen LogP contribution in [0.4, 0.5) is 17.1 Å². The van der Waals surface area contributed by atoms with Crippen LogP contribution < -0.4 is 10.2 Å². The molecule has 1 aliphatic heterocycles. The SMILES string of the molecule is CCc1ccc(C(=O)N2CCN(c3ccc(NC(=O)Cc4ccc([N+](=O)[O-])cc4)cc3)CC2)cc1. The van der Waals surface area contributed by atoms with E-state index in [1.807, 2.05) is 53.4 Å². The third-order valence-electron chi connectivity index (χ3n) is 6.20. The molecule has 0 bridgehead atoms. The Hall–Kier alpha value is -4.20. The fourth-order valence-electron chi connectivity index (χ4n) is 4.12. The van der Waals surface area contributed by atoms with Gasteiger partial charge in [-0.3, -0.25) is 19.7 Å². The Bertz CT molecular complexity index is 1180. The molecular weight excluding hydrogens is 444 g/mol. The van der Waals surface area contributed by atoms with Crippen LogP contribution >= 0.6 is 0 Å². The Labute approximate surface area is 204 Å². The van der Waals surface area contributed by atoms with Gasteiger partial charge in [0.25, 0.3) is 11.6 Å². The van der Waals surface area contributed by atoms with Crippen molar-refractivity contribution in [3.63, 3.8) is 0 Å². The van der Waals surface area contributed by atoms with Crippen molar-refractivity contribution in [1.29, 1.82) is 0 Å². The summed E-state index contributed by atoms with van der Waals surface area (Å²) < 4.78 is 0.